The van der Waals surface area contributed by atoms with Gasteiger partial charge in [-0.1, -0.05) is 31.3 Å². The Kier molecular flexibility index (Phi) is 4.71. The molecule has 0 bridgehead atoms. The maximum Gasteiger partial charge on any atom is 0.335 e. The summed E-state index contributed by atoms with van der Waals surface area (Å²) in [5.74, 6) is -3.00. The number of carboxylic acid groups (broad SMARTS) is 1. The van der Waals surface area contributed by atoms with E-state index in [4.69, 9.17) is 0 Å². The van der Waals surface area contributed by atoms with Gasteiger partial charge in [0.25, 0.3) is 5.91 Å². The molecule has 1 unspecified atom stereocenters. The maximum absolute atomic E-state index is 12.9. The van der Waals surface area contributed by atoms with Crippen molar-refractivity contribution in [1.82, 2.24) is 4.98 Å². The molecule has 3 aromatic rings. The van der Waals surface area contributed by atoms with Crippen LogP contribution in [0.5, 0.6) is 0 Å². The predicted octanol–water partition coefficient (Wildman–Crippen LogP) is 4.18. The van der Waals surface area contributed by atoms with Crippen LogP contribution in [-0.2, 0) is 9.59 Å². The number of carboxylic acids is 1. The third-order valence-electron chi connectivity index (χ3n) is 4.64. The monoisotopic (exact) mass is 428 g/mol. The Morgan fingerprint density at radius 3 is 2.62 bits per heavy atom. The van der Waals surface area contributed by atoms with E-state index < -0.39 is 29.6 Å². The van der Waals surface area contributed by atoms with E-state index in [1.54, 1.807) is 26.0 Å². The zero-order chi connectivity index (χ0) is 20.9. The first-order valence-corrected chi connectivity index (χ1v) is 10.5. The topological polar surface area (TPSA) is 108 Å². The van der Waals surface area contributed by atoms with Gasteiger partial charge in [-0.15, -0.1) is 11.3 Å². The summed E-state index contributed by atoms with van der Waals surface area (Å²) in [5, 5.41) is 21.9. The lowest BCUT2D eigenvalue weighted by Gasteiger charge is -2.23. The molecule has 2 N–H and O–H groups in total. The van der Waals surface area contributed by atoms with E-state index in [9.17, 15) is 24.6 Å². The largest absolute Gasteiger partial charge is 0.503 e. The number of fused-ring (bicyclic) bond motifs is 1. The van der Waals surface area contributed by atoms with Crippen molar-refractivity contribution in [2.45, 2.75) is 19.9 Å². The fraction of sp³-hybridized carbons (Fsp3) is 0.200. The van der Waals surface area contributed by atoms with Gasteiger partial charge in [-0.2, -0.15) is 0 Å². The Morgan fingerprint density at radius 1 is 1.24 bits per heavy atom. The van der Waals surface area contributed by atoms with E-state index in [-0.39, 0.29) is 16.9 Å². The summed E-state index contributed by atoms with van der Waals surface area (Å²) in [6, 6.07) is 7.36. The van der Waals surface area contributed by atoms with Crippen LogP contribution in [0.2, 0.25) is 0 Å². The number of thiazole rings is 1. The van der Waals surface area contributed by atoms with Gasteiger partial charge in [0.2, 0.25) is 0 Å². The average Bonchev–Trinajstić information content (AvgIpc) is 3.39. The highest BCUT2D eigenvalue weighted by Crippen LogP contribution is 2.45. The van der Waals surface area contributed by atoms with Crippen molar-refractivity contribution in [2.24, 2.45) is 5.92 Å². The fourth-order valence-electron chi connectivity index (χ4n) is 3.23. The van der Waals surface area contributed by atoms with E-state index in [0.29, 0.717) is 15.3 Å². The normalized spacial score (nSPS) is 17.0. The minimum atomic E-state index is -1.06. The Bertz CT molecular complexity index is 1180. The average molecular weight is 428 g/mol. The van der Waals surface area contributed by atoms with Crippen LogP contribution < -0.4 is 4.90 Å². The molecule has 1 aliphatic rings. The zero-order valence-electron chi connectivity index (χ0n) is 15.4. The molecule has 0 saturated carbocycles. The summed E-state index contributed by atoms with van der Waals surface area (Å²) >= 11 is 2.52. The highest BCUT2D eigenvalue weighted by atomic mass is 32.1. The molecular weight excluding hydrogens is 412 g/mol. The Labute approximate surface area is 173 Å². The van der Waals surface area contributed by atoms with Crippen LogP contribution in [0.25, 0.3) is 10.2 Å². The number of thiophene rings is 1. The molecule has 1 atom stereocenters. The van der Waals surface area contributed by atoms with Crippen LogP contribution in [0.3, 0.4) is 0 Å². The number of anilines is 1. The molecule has 1 amide bonds. The third-order valence-corrected chi connectivity index (χ3v) is 6.58. The molecule has 1 aliphatic heterocycles. The minimum absolute atomic E-state index is 0.0675. The van der Waals surface area contributed by atoms with Crippen molar-refractivity contribution < 1.29 is 24.6 Å². The summed E-state index contributed by atoms with van der Waals surface area (Å²) in [6.45, 7) is 3.43. The third kappa shape index (κ3) is 3.12. The quantitative estimate of drug-likeness (QED) is 0.631. The van der Waals surface area contributed by atoms with Gasteiger partial charge in [-0.05, 0) is 29.6 Å². The number of hydrogen-bond donors (Lipinski definition) is 2. The molecule has 3 heterocycles. The van der Waals surface area contributed by atoms with Crippen molar-refractivity contribution in [3.05, 3.63) is 57.5 Å². The molecule has 0 spiro atoms. The zero-order valence-corrected chi connectivity index (χ0v) is 17.1. The van der Waals surface area contributed by atoms with Crippen molar-refractivity contribution in [2.75, 3.05) is 4.90 Å². The molecule has 0 radical (unpaired) electrons. The molecule has 4 rings (SSSR count). The first kappa shape index (κ1) is 19.3. The number of amides is 1. The molecule has 0 saturated heterocycles. The number of rotatable bonds is 5. The van der Waals surface area contributed by atoms with Gasteiger partial charge in [0.05, 0.1) is 21.4 Å². The highest BCUT2D eigenvalue weighted by molar-refractivity contribution is 7.22. The molecule has 2 aromatic heterocycles. The summed E-state index contributed by atoms with van der Waals surface area (Å²) in [6.07, 6.45) is 0. The van der Waals surface area contributed by atoms with Gasteiger partial charge in [-0.25, -0.2) is 9.78 Å². The number of aliphatic hydroxyl groups excluding tert-OH is 1. The molecule has 0 aliphatic carbocycles. The summed E-state index contributed by atoms with van der Waals surface area (Å²) < 4.78 is 0.598. The van der Waals surface area contributed by atoms with Gasteiger partial charge in [-0.3, -0.25) is 14.5 Å². The van der Waals surface area contributed by atoms with E-state index in [2.05, 4.69) is 4.98 Å². The fourth-order valence-corrected chi connectivity index (χ4v) is 5.08. The number of carbonyl (C=O) groups excluding carboxylic acids is 2. The Morgan fingerprint density at radius 2 is 2.00 bits per heavy atom. The second-order valence-corrected chi connectivity index (χ2v) is 8.85. The number of hydrogen-bond acceptors (Lipinski definition) is 7. The molecule has 29 heavy (non-hydrogen) atoms. The highest BCUT2D eigenvalue weighted by Gasteiger charge is 2.46. The predicted molar refractivity (Wildman–Crippen MR) is 111 cm³/mol. The van der Waals surface area contributed by atoms with Crippen molar-refractivity contribution in [3.63, 3.8) is 0 Å². The Balaban J connectivity index is 1.86. The van der Waals surface area contributed by atoms with Gasteiger partial charge >= 0.3 is 5.97 Å². The molecular formula is C20H16N2O5S2. The molecule has 9 heteroatoms. The summed E-state index contributed by atoms with van der Waals surface area (Å²) in [7, 11) is 0. The lowest BCUT2D eigenvalue weighted by atomic mass is 9.95. The number of carbonyl (C=O) groups is 3. The molecule has 7 nitrogen and oxygen atoms in total. The SMILES string of the molecule is CC(C)C(=O)C1=C(O)C(=O)N(c2nc3ccc(C(=O)O)cc3s2)C1c1cccs1. The number of aliphatic hydroxyl groups is 1. The van der Waals surface area contributed by atoms with Crippen LogP contribution in [0.15, 0.2) is 47.0 Å². The van der Waals surface area contributed by atoms with Crippen molar-refractivity contribution in [3.8, 4) is 0 Å². The summed E-state index contributed by atoms with van der Waals surface area (Å²) in [4.78, 5) is 43.5. The van der Waals surface area contributed by atoms with Crippen molar-refractivity contribution >= 4 is 55.7 Å². The first-order chi connectivity index (χ1) is 13.8. The van der Waals surface area contributed by atoms with Crippen LogP contribution in [0, 0.1) is 5.92 Å². The van der Waals surface area contributed by atoms with Crippen LogP contribution in [0.1, 0.15) is 35.1 Å². The molecule has 148 valence electrons. The molecule has 0 fully saturated rings. The number of aromatic nitrogens is 1. The second kappa shape index (κ2) is 7.09. The number of benzene rings is 1. The molecule has 1 aromatic carbocycles. The van der Waals surface area contributed by atoms with Crippen LogP contribution >= 0.6 is 22.7 Å². The maximum atomic E-state index is 12.9. The second-order valence-electron chi connectivity index (χ2n) is 6.86. The summed E-state index contributed by atoms with van der Waals surface area (Å²) in [5.41, 5.74) is 0.723. The van der Waals surface area contributed by atoms with Crippen LogP contribution in [0.4, 0.5) is 5.13 Å². The van der Waals surface area contributed by atoms with Gasteiger partial charge in [0, 0.05) is 10.8 Å². The number of nitrogens with zero attached hydrogens (tertiary/aromatic N) is 2. The van der Waals surface area contributed by atoms with Gasteiger partial charge < -0.3 is 10.2 Å². The lowest BCUT2D eigenvalue weighted by Crippen LogP contribution is -2.30. The first-order valence-electron chi connectivity index (χ1n) is 8.77. The van der Waals surface area contributed by atoms with E-state index in [1.165, 1.54) is 28.4 Å². The lowest BCUT2D eigenvalue weighted by molar-refractivity contribution is -0.119. The van der Waals surface area contributed by atoms with E-state index >= 15 is 0 Å². The van der Waals surface area contributed by atoms with Crippen LogP contribution in [-0.4, -0.2) is 32.9 Å². The van der Waals surface area contributed by atoms with E-state index in [1.807, 2.05) is 11.4 Å². The number of Topliss-reactive ketones (excluding diaryl/α,β-unsaturated/α-hetero) is 1. The number of ketones is 1. The van der Waals surface area contributed by atoms with Crippen molar-refractivity contribution in [1.29, 1.82) is 0 Å². The van der Waals surface area contributed by atoms with E-state index in [0.717, 1.165) is 16.2 Å². The standard InChI is InChI=1S/C20H16N2O5S2/c1-9(2)16(23)14-15(12-4-3-7-28-12)22(18(25)17(14)24)20-21-11-6-5-10(19(26)27)8-13(11)29-20/h3-9,15,24H,1-2H3,(H,26,27). The van der Waals surface area contributed by atoms with Gasteiger partial charge in [0.1, 0.15) is 6.04 Å². The Hall–Kier alpha value is -3.04. The minimum Gasteiger partial charge on any atom is -0.503 e. The smallest absolute Gasteiger partial charge is 0.335 e. The number of aromatic carboxylic acids is 1. The van der Waals surface area contributed by atoms with Gasteiger partial charge in [0.15, 0.2) is 16.7 Å².